The van der Waals surface area contributed by atoms with E-state index in [9.17, 15) is 23.6 Å². The Labute approximate surface area is 187 Å². The zero-order valence-electron chi connectivity index (χ0n) is 17.0. The predicted molar refractivity (Wildman–Crippen MR) is 115 cm³/mol. The van der Waals surface area contributed by atoms with Gasteiger partial charge in [-0.1, -0.05) is 18.2 Å². The number of esters is 1. The molecule has 3 amide bonds. The normalized spacial score (nSPS) is 14.6. The number of amides is 3. The Kier molecular flexibility index (Phi) is 7.61. The molecule has 1 aliphatic rings. The maximum absolute atomic E-state index is 13.8. The van der Waals surface area contributed by atoms with Gasteiger partial charge in [-0.25, -0.2) is 9.18 Å². The Bertz CT molecular complexity index is 1070. The third kappa shape index (κ3) is 5.73. The minimum absolute atomic E-state index is 0.0289. The molecule has 0 saturated carbocycles. The molecular weight excluding hydrogens is 439 g/mol. The molecule has 10 heteroatoms. The van der Waals surface area contributed by atoms with E-state index in [2.05, 4.69) is 10.1 Å². The lowest BCUT2D eigenvalue weighted by Gasteiger charge is -2.13. The van der Waals surface area contributed by atoms with Crippen LogP contribution in [-0.2, 0) is 14.3 Å². The van der Waals surface area contributed by atoms with Crippen LogP contribution in [0, 0.1) is 5.82 Å². The van der Waals surface area contributed by atoms with E-state index in [-0.39, 0.29) is 30.2 Å². The lowest BCUT2D eigenvalue weighted by molar-refractivity contribution is -0.125. The summed E-state index contributed by atoms with van der Waals surface area (Å²) in [5, 5.41) is 2.07. The van der Waals surface area contributed by atoms with Crippen LogP contribution < -0.4 is 10.1 Å². The number of carbonyl (C=O) groups is 4. The summed E-state index contributed by atoms with van der Waals surface area (Å²) in [4.78, 5) is 49.0. The zero-order valence-corrected chi connectivity index (χ0v) is 17.8. The molecule has 1 fully saturated rings. The van der Waals surface area contributed by atoms with Crippen LogP contribution in [0.5, 0.6) is 5.75 Å². The Morgan fingerprint density at radius 1 is 1.12 bits per heavy atom. The predicted octanol–water partition coefficient (Wildman–Crippen LogP) is 2.84. The molecule has 0 spiro atoms. The summed E-state index contributed by atoms with van der Waals surface area (Å²) in [5.74, 6) is -1.58. The summed E-state index contributed by atoms with van der Waals surface area (Å²) in [6, 6.07) is 12.0. The largest absolute Gasteiger partial charge is 0.484 e. The monoisotopic (exact) mass is 458 g/mol. The Balaban J connectivity index is 1.46. The van der Waals surface area contributed by atoms with E-state index < -0.39 is 28.8 Å². The summed E-state index contributed by atoms with van der Waals surface area (Å²) in [5.41, 5.74) is 0.564. The van der Waals surface area contributed by atoms with Crippen LogP contribution in [-0.4, -0.2) is 54.7 Å². The molecule has 2 aromatic rings. The first-order valence-electron chi connectivity index (χ1n) is 9.47. The second kappa shape index (κ2) is 10.6. The van der Waals surface area contributed by atoms with E-state index in [1.165, 1.54) is 55.7 Å². The summed E-state index contributed by atoms with van der Waals surface area (Å²) < 4.78 is 23.7. The van der Waals surface area contributed by atoms with Gasteiger partial charge in [0.15, 0.2) is 6.61 Å². The van der Waals surface area contributed by atoms with E-state index in [1.807, 2.05) is 0 Å². The van der Waals surface area contributed by atoms with Gasteiger partial charge in [0.25, 0.3) is 17.1 Å². The summed E-state index contributed by atoms with van der Waals surface area (Å²) >= 11 is 0.718. The molecule has 1 heterocycles. The third-order valence-electron chi connectivity index (χ3n) is 4.37. The fraction of sp³-hybridized carbons (Fsp3) is 0.182. The Morgan fingerprint density at radius 3 is 2.53 bits per heavy atom. The minimum atomic E-state index is -0.542. The first-order chi connectivity index (χ1) is 15.4. The molecule has 0 atom stereocenters. The molecule has 32 heavy (non-hydrogen) atoms. The number of halogens is 1. The van der Waals surface area contributed by atoms with E-state index in [0.29, 0.717) is 11.3 Å². The van der Waals surface area contributed by atoms with Crippen LogP contribution in [0.4, 0.5) is 9.18 Å². The quantitative estimate of drug-likeness (QED) is 0.479. The Morgan fingerprint density at radius 2 is 1.84 bits per heavy atom. The van der Waals surface area contributed by atoms with Crippen LogP contribution in [0.2, 0.25) is 0 Å². The van der Waals surface area contributed by atoms with Gasteiger partial charge in [-0.3, -0.25) is 19.3 Å². The number of thioether (sulfide) groups is 1. The van der Waals surface area contributed by atoms with E-state index in [0.717, 1.165) is 16.7 Å². The molecule has 0 bridgehead atoms. The van der Waals surface area contributed by atoms with Crippen LogP contribution in [0.25, 0.3) is 6.08 Å². The van der Waals surface area contributed by atoms with Gasteiger partial charge in [-0.2, -0.15) is 0 Å². The van der Waals surface area contributed by atoms with Gasteiger partial charge < -0.3 is 14.8 Å². The number of benzene rings is 2. The number of rotatable bonds is 8. The van der Waals surface area contributed by atoms with Crippen LogP contribution in [0.3, 0.4) is 0 Å². The average Bonchev–Trinajstić information content (AvgIpc) is 3.06. The topological polar surface area (TPSA) is 102 Å². The van der Waals surface area contributed by atoms with Crippen molar-refractivity contribution in [2.75, 3.05) is 26.8 Å². The number of carbonyl (C=O) groups excluding carboxylic acids is 4. The van der Waals surface area contributed by atoms with E-state index in [4.69, 9.17) is 4.74 Å². The first-order valence-corrected chi connectivity index (χ1v) is 10.3. The van der Waals surface area contributed by atoms with Crippen molar-refractivity contribution in [1.82, 2.24) is 10.2 Å². The van der Waals surface area contributed by atoms with Gasteiger partial charge in [0.05, 0.1) is 17.6 Å². The van der Waals surface area contributed by atoms with Crippen LogP contribution in [0.1, 0.15) is 15.9 Å². The second-order valence-electron chi connectivity index (χ2n) is 6.51. The molecule has 1 N–H and O–H groups in total. The molecule has 2 aromatic carbocycles. The average molecular weight is 458 g/mol. The third-order valence-corrected chi connectivity index (χ3v) is 5.28. The van der Waals surface area contributed by atoms with Crippen molar-refractivity contribution in [3.05, 3.63) is 70.4 Å². The molecule has 0 unspecified atom stereocenters. The van der Waals surface area contributed by atoms with Crippen molar-refractivity contribution in [3.8, 4) is 5.75 Å². The SMILES string of the molecule is COC(=O)c1ccc(OCC(=O)NCCN2C(=O)S/C(=C\c3ccccc3F)C2=O)cc1. The fourth-order valence-electron chi connectivity index (χ4n) is 2.74. The molecule has 3 rings (SSSR count). The first kappa shape index (κ1) is 23.0. The van der Waals surface area contributed by atoms with Crippen molar-refractivity contribution >= 4 is 40.9 Å². The Hall–Kier alpha value is -3.66. The number of nitrogens with one attached hydrogen (secondary N) is 1. The van der Waals surface area contributed by atoms with Crippen LogP contribution in [0.15, 0.2) is 53.4 Å². The van der Waals surface area contributed by atoms with Gasteiger partial charge in [0.2, 0.25) is 0 Å². The molecular formula is C22H19FN2O6S. The molecule has 8 nitrogen and oxygen atoms in total. The number of hydrogen-bond acceptors (Lipinski definition) is 7. The highest BCUT2D eigenvalue weighted by Crippen LogP contribution is 2.32. The van der Waals surface area contributed by atoms with Crippen molar-refractivity contribution in [1.29, 1.82) is 0 Å². The lowest BCUT2D eigenvalue weighted by atomic mass is 10.2. The molecule has 0 aromatic heterocycles. The standard InChI is InChI=1S/C22H19FN2O6S/c1-30-21(28)14-6-8-16(9-7-14)31-13-19(26)24-10-11-25-20(27)18(32-22(25)29)12-15-4-2-3-5-17(15)23/h2-9,12H,10-11,13H2,1H3,(H,24,26)/b18-12-. The van der Waals surface area contributed by atoms with E-state index >= 15 is 0 Å². The van der Waals surface area contributed by atoms with Gasteiger partial charge >= 0.3 is 5.97 Å². The second-order valence-corrected chi connectivity index (χ2v) is 7.50. The number of methoxy groups -OCH3 is 1. The smallest absolute Gasteiger partial charge is 0.337 e. The van der Waals surface area contributed by atoms with Crippen molar-refractivity contribution in [2.45, 2.75) is 0 Å². The zero-order chi connectivity index (χ0) is 23.1. The molecule has 0 aliphatic carbocycles. The number of ether oxygens (including phenoxy) is 2. The number of imide groups is 1. The van der Waals surface area contributed by atoms with Crippen molar-refractivity contribution in [2.24, 2.45) is 0 Å². The highest BCUT2D eigenvalue weighted by atomic mass is 32.2. The van der Waals surface area contributed by atoms with Gasteiger partial charge in [0, 0.05) is 18.7 Å². The minimum Gasteiger partial charge on any atom is -0.484 e. The summed E-state index contributed by atoms with van der Waals surface area (Å²) in [6.45, 7) is -0.278. The molecule has 1 aliphatic heterocycles. The van der Waals surface area contributed by atoms with Gasteiger partial charge in [0.1, 0.15) is 11.6 Å². The van der Waals surface area contributed by atoms with E-state index in [1.54, 1.807) is 6.07 Å². The molecule has 1 saturated heterocycles. The maximum Gasteiger partial charge on any atom is 0.337 e. The highest BCUT2D eigenvalue weighted by Gasteiger charge is 2.34. The van der Waals surface area contributed by atoms with Crippen LogP contribution >= 0.6 is 11.8 Å². The van der Waals surface area contributed by atoms with Crippen molar-refractivity contribution in [3.63, 3.8) is 0 Å². The summed E-state index contributed by atoms with van der Waals surface area (Å²) in [6.07, 6.45) is 1.33. The summed E-state index contributed by atoms with van der Waals surface area (Å²) in [7, 11) is 1.28. The number of hydrogen-bond donors (Lipinski definition) is 1. The molecule has 166 valence electrons. The van der Waals surface area contributed by atoms with Gasteiger partial charge in [-0.05, 0) is 48.2 Å². The fourth-order valence-corrected chi connectivity index (χ4v) is 3.59. The highest BCUT2D eigenvalue weighted by molar-refractivity contribution is 8.18. The van der Waals surface area contributed by atoms with Crippen molar-refractivity contribution < 1.29 is 33.0 Å². The van der Waals surface area contributed by atoms with Gasteiger partial charge in [-0.15, -0.1) is 0 Å². The lowest BCUT2D eigenvalue weighted by Crippen LogP contribution is -2.38. The maximum atomic E-state index is 13.8. The molecule has 0 radical (unpaired) electrons. The number of nitrogens with zero attached hydrogens (tertiary/aromatic N) is 1.